The summed E-state index contributed by atoms with van der Waals surface area (Å²) in [6.45, 7) is 4.52. The quantitative estimate of drug-likeness (QED) is 0.390. The van der Waals surface area contributed by atoms with E-state index in [-0.39, 0.29) is 5.66 Å². The minimum atomic E-state index is -0.226. The molecule has 0 aliphatic carbocycles. The first-order valence-corrected chi connectivity index (χ1v) is 10.6. The molecule has 0 unspecified atom stereocenters. The summed E-state index contributed by atoms with van der Waals surface area (Å²) in [5.41, 5.74) is -0.226. The van der Waals surface area contributed by atoms with Gasteiger partial charge in [-0.25, -0.2) is 0 Å². The third-order valence-electron chi connectivity index (χ3n) is 4.55. The highest BCUT2D eigenvalue weighted by molar-refractivity contribution is 9.11. The molecule has 0 bridgehead atoms. The van der Waals surface area contributed by atoms with Gasteiger partial charge in [0.1, 0.15) is 10.7 Å². The molecule has 0 saturated carbocycles. The van der Waals surface area contributed by atoms with Crippen molar-refractivity contribution in [1.29, 1.82) is 0 Å². The van der Waals surface area contributed by atoms with Crippen LogP contribution in [0.3, 0.4) is 0 Å². The molecule has 4 heteroatoms. The van der Waals surface area contributed by atoms with Crippen LogP contribution in [0.2, 0.25) is 0 Å². The van der Waals surface area contributed by atoms with E-state index < -0.39 is 0 Å². The van der Waals surface area contributed by atoms with Crippen molar-refractivity contribution in [2.45, 2.75) is 83.7 Å². The third-order valence-corrected chi connectivity index (χ3v) is 5.83. The minimum Gasteiger partial charge on any atom is -0.252 e. The molecule has 128 valence electrons. The molecule has 0 amide bonds. The predicted molar refractivity (Wildman–Crippen MR) is 104 cm³/mol. The van der Waals surface area contributed by atoms with Crippen molar-refractivity contribution in [3.8, 4) is 0 Å². The zero-order chi connectivity index (χ0) is 16.7. The number of benzene rings is 1. The van der Waals surface area contributed by atoms with Crippen LogP contribution in [0, 0.1) is 0 Å². The monoisotopic (exact) mass is 442 g/mol. The van der Waals surface area contributed by atoms with Crippen LogP contribution in [0.1, 0.15) is 78.1 Å². The normalized spacial score (nSPS) is 15.1. The van der Waals surface area contributed by atoms with Crippen molar-refractivity contribution >= 4 is 31.9 Å². The highest BCUT2D eigenvalue weighted by atomic mass is 79.9. The highest BCUT2D eigenvalue weighted by Gasteiger charge is 2.31. The van der Waals surface area contributed by atoms with E-state index in [2.05, 4.69) is 57.8 Å². The van der Waals surface area contributed by atoms with Crippen molar-refractivity contribution in [1.82, 2.24) is 0 Å². The van der Waals surface area contributed by atoms with E-state index in [1.54, 1.807) is 0 Å². The Morgan fingerprint density at radius 1 is 0.739 bits per heavy atom. The van der Waals surface area contributed by atoms with Crippen molar-refractivity contribution in [3.63, 3.8) is 0 Å². The van der Waals surface area contributed by atoms with E-state index in [9.17, 15) is 0 Å². The van der Waals surface area contributed by atoms with Crippen LogP contribution in [0.5, 0.6) is 0 Å². The number of nitrogens with zero attached hydrogens (tertiary/aromatic N) is 2. The van der Waals surface area contributed by atoms with Crippen LogP contribution >= 0.6 is 31.9 Å². The molecule has 0 aromatic heterocycles. The maximum absolute atomic E-state index is 5.10. The Morgan fingerprint density at radius 2 is 1.17 bits per heavy atom. The molecule has 1 aliphatic heterocycles. The Hall–Kier alpha value is -0.220. The van der Waals surface area contributed by atoms with E-state index in [1.165, 1.54) is 51.4 Å². The summed E-state index contributed by atoms with van der Waals surface area (Å²) in [5.74, 6) is 0. The van der Waals surface area contributed by atoms with Gasteiger partial charge in [0, 0.05) is 8.95 Å². The maximum Gasteiger partial charge on any atom is 0.151 e. The minimum absolute atomic E-state index is 0.226. The second-order valence-electron chi connectivity index (χ2n) is 6.55. The maximum atomic E-state index is 5.10. The van der Waals surface area contributed by atoms with Gasteiger partial charge in [-0.3, -0.25) is 9.98 Å². The lowest BCUT2D eigenvalue weighted by Gasteiger charge is -2.23. The number of halogens is 2. The Morgan fingerprint density at radius 3 is 1.57 bits per heavy atom. The van der Waals surface area contributed by atoms with Gasteiger partial charge in [-0.15, -0.1) is 0 Å². The lowest BCUT2D eigenvalue weighted by molar-refractivity contribution is 0.350. The summed E-state index contributed by atoms with van der Waals surface area (Å²) >= 11 is 7.29. The van der Waals surface area contributed by atoms with Crippen molar-refractivity contribution < 1.29 is 0 Å². The third kappa shape index (κ3) is 5.12. The number of fused-ring (bicyclic) bond motifs is 1. The summed E-state index contributed by atoms with van der Waals surface area (Å²) < 4.78 is 2.12. The van der Waals surface area contributed by atoms with Gasteiger partial charge in [0.05, 0.1) is 0 Å². The summed E-state index contributed by atoms with van der Waals surface area (Å²) in [6, 6.07) is 4.12. The van der Waals surface area contributed by atoms with Crippen molar-refractivity contribution in [3.05, 3.63) is 31.8 Å². The van der Waals surface area contributed by atoms with Crippen LogP contribution in [0.4, 0.5) is 0 Å². The van der Waals surface area contributed by atoms with E-state index in [0.717, 1.165) is 32.5 Å². The molecular formula is C19H28Br2N2. The number of hydrogen-bond acceptors (Lipinski definition) is 2. The molecule has 0 saturated heterocycles. The Bertz CT molecular complexity index is 570. The fourth-order valence-electron chi connectivity index (χ4n) is 3.20. The molecule has 1 aromatic carbocycles. The lowest BCUT2D eigenvalue weighted by atomic mass is 9.95. The molecule has 23 heavy (non-hydrogen) atoms. The van der Waals surface area contributed by atoms with Crippen LogP contribution in [0.15, 0.2) is 31.1 Å². The van der Waals surface area contributed by atoms with E-state index in [4.69, 9.17) is 9.98 Å². The number of rotatable bonds is 10. The van der Waals surface area contributed by atoms with Gasteiger partial charge in [0.25, 0.3) is 0 Å². The van der Waals surface area contributed by atoms with E-state index >= 15 is 0 Å². The first-order valence-electron chi connectivity index (χ1n) is 9.05. The Kier molecular flexibility index (Phi) is 7.74. The second-order valence-corrected chi connectivity index (χ2v) is 8.26. The highest BCUT2D eigenvalue weighted by Crippen LogP contribution is 2.30. The van der Waals surface area contributed by atoms with Gasteiger partial charge in [-0.05, 0) is 69.7 Å². The molecule has 1 heterocycles. The van der Waals surface area contributed by atoms with Gasteiger partial charge < -0.3 is 0 Å². The first kappa shape index (κ1) is 19.1. The molecule has 0 spiro atoms. The number of hydrogen-bond donors (Lipinski definition) is 0. The van der Waals surface area contributed by atoms with Crippen LogP contribution in [-0.4, -0.2) is 5.66 Å². The average Bonchev–Trinajstić information content (AvgIpc) is 2.94. The van der Waals surface area contributed by atoms with Gasteiger partial charge in [-0.2, -0.15) is 0 Å². The van der Waals surface area contributed by atoms with Gasteiger partial charge in [-0.1, -0.05) is 52.4 Å². The zero-order valence-corrected chi connectivity index (χ0v) is 17.5. The van der Waals surface area contributed by atoms with Crippen LogP contribution < -0.4 is 10.7 Å². The smallest absolute Gasteiger partial charge is 0.151 e. The zero-order valence-electron chi connectivity index (χ0n) is 14.4. The summed E-state index contributed by atoms with van der Waals surface area (Å²) in [5, 5.41) is 2.07. The summed E-state index contributed by atoms with van der Waals surface area (Å²) in [4.78, 5) is 10.2. The van der Waals surface area contributed by atoms with Crippen molar-refractivity contribution in [2.24, 2.45) is 9.98 Å². The van der Waals surface area contributed by atoms with Gasteiger partial charge in [0.15, 0.2) is 5.66 Å². The molecule has 0 N–H and O–H groups in total. The van der Waals surface area contributed by atoms with Crippen LogP contribution in [0.25, 0.3) is 0 Å². The largest absolute Gasteiger partial charge is 0.252 e. The fourth-order valence-corrected chi connectivity index (χ4v) is 4.02. The van der Waals surface area contributed by atoms with Gasteiger partial charge in [0.2, 0.25) is 0 Å². The van der Waals surface area contributed by atoms with Crippen molar-refractivity contribution in [2.75, 3.05) is 0 Å². The molecule has 0 radical (unpaired) electrons. The Labute approximate surface area is 157 Å². The molecular weight excluding hydrogens is 416 g/mol. The standard InChI is InChI=1S/C19H28Br2N2/c1-3-5-7-9-13-19(14-10-8-6-4-2)22-17-15(20)11-12-16(21)18(17)23-19/h11-12H,3-10,13-14H2,1-2H3. The lowest BCUT2D eigenvalue weighted by Crippen LogP contribution is -2.24. The Balaban J connectivity index is 2.19. The molecule has 1 aliphatic rings. The average molecular weight is 444 g/mol. The predicted octanol–water partition coefficient (Wildman–Crippen LogP) is 6.10. The first-order chi connectivity index (χ1) is 11.1. The number of unbranched alkanes of at least 4 members (excludes halogenated alkanes) is 6. The van der Waals surface area contributed by atoms with E-state index in [1.807, 2.05) is 0 Å². The molecule has 0 atom stereocenters. The van der Waals surface area contributed by atoms with E-state index in [0.29, 0.717) is 0 Å². The molecule has 1 aromatic rings. The molecule has 2 rings (SSSR count). The summed E-state index contributed by atoms with van der Waals surface area (Å²) in [7, 11) is 0. The molecule has 2 nitrogen and oxygen atoms in total. The SMILES string of the molecule is CCCCCCC1(CCCCCC)N=c2c(Br)ccc(Br)c2=N1. The fraction of sp³-hybridized carbons (Fsp3) is 0.684. The topological polar surface area (TPSA) is 24.7 Å². The van der Waals surface area contributed by atoms with Gasteiger partial charge >= 0.3 is 0 Å². The summed E-state index contributed by atoms with van der Waals surface area (Å²) in [6.07, 6.45) is 12.3. The second kappa shape index (κ2) is 9.31. The van der Waals surface area contributed by atoms with Crippen LogP contribution in [-0.2, 0) is 0 Å². The molecule has 0 fully saturated rings.